The first-order valence-corrected chi connectivity index (χ1v) is 6.91. The molecule has 1 unspecified atom stereocenters. The summed E-state index contributed by atoms with van der Waals surface area (Å²) in [6.07, 6.45) is 0. The molecule has 0 bridgehead atoms. The van der Waals surface area contributed by atoms with Gasteiger partial charge >= 0.3 is 5.97 Å². The molecule has 0 fully saturated rings. The Labute approximate surface area is 119 Å². The molecule has 106 valence electrons. The van der Waals surface area contributed by atoms with Crippen LogP contribution in [0.2, 0.25) is 0 Å². The predicted molar refractivity (Wildman–Crippen MR) is 79.8 cm³/mol. The Morgan fingerprint density at radius 2 is 1.95 bits per heavy atom. The summed E-state index contributed by atoms with van der Waals surface area (Å²) in [4.78, 5) is 18.0. The number of likely N-dealkylation sites (N-methyl/N-ethyl adjacent to an activating group) is 1. The van der Waals surface area contributed by atoms with Crippen LogP contribution in [0, 0.1) is 6.92 Å². The second kappa shape index (κ2) is 6.01. The van der Waals surface area contributed by atoms with Crippen molar-refractivity contribution >= 4 is 16.9 Å². The summed E-state index contributed by atoms with van der Waals surface area (Å²) < 4.78 is 0. The van der Waals surface area contributed by atoms with Crippen LogP contribution in [0.3, 0.4) is 0 Å². The molecule has 1 atom stereocenters. The summed E-state index contributed by atoms with van der Waals surface area (Å²) in [6, 6.07) is 9.03. The van der Waals surface area contributed by atoms with Crippen LogP contribution >= 0.6 is 0 Å². The number of rotatable bonds is 5. The average Bonchev–Trinajstić information content (AvgIpc) is 2.43. The van der Waals surface area contributed by atoms with Gasteiger partial charge in [-0.2, -0.15) is 0 Å². The number of aromatic nitrogens is 1. The highest BCUT2D eigenvalue weighted by atomic mass is 16.4. The molecule has 0 aliphatic heterocycles. The van der Waals surface area contributed by atoms with Crippen molar-refractivity contribution < 1.29 is 9.90 Å². The molecule has 2 aromatic rings. The number of carboxylic acid groups (broad SMARTS) is 1. The fraction of sp³-hybridized carbons (Fsp3) is 0.375. The van der Waals surface area contributed by atoms with Gasteiger partial charge in [0.2, 0.25) is 0 Å². The molecule has 2 rings (SSSR count). The molecule has 0 saturated carbocycles. The molecule has 1 aromatic carbocycles. The summed E-state index contributed by atoms with van der Waals surface area (Å²) in [6.45, 7) is 7.31. The molecule has 0 radical (unpaired) electrons. The van der Waals surface area contributed by atoms with Gasteiger partial charge in [-0.3, -0.25) is 14.7 Å². The highest BCUT2D eigenvalue weighted by Crippen LogP contribution is 2.24. The lowest BCUT2D eigenvalue weighted by Gasteiger charge is -2.26. The zero-order valence-corrected chi connectivity index (χ0v) is 12.1. The molecule has 0 aliphatic rings. The van der Waals surface area contributed by atoms with Crippen molar-refractivity contribution in [1.82, 2.24) is 9.88 Å². The van der Waals surface area contributed by atoms with Gasteiger partial charge in [-0.05, 0) is 43.8 Å². The largest absolute Gasteiger partial charge is 0.480 e. The Morgan fingerprint density at radius 1 is 1.25 bits per heavy atom. The lowest BCUT2D eigenvalue weighted by molar-refractivity contribution is -0.143. The van der Waals surface area contributed by atoms with Gasteiger partial charge in [-0.1, -0.05) is 26.0 Å². The highest BCUT2D eigenvalue weighted by Gasteiger charge is 2.25. The van der Waals surface area contributed by atoms with Gasteiger partial charge in [0.05, 0.1) is 5.52 Å². The van der Waals surface area contributed by atoms with Crippen molar-refractivity contribution in [3.05, 3.63) is 41.6 Å². The van der Waals surface area contributed by atoms with Crippen LogP contribution in [0.25, 0.3) is 10.9 Å². The fourth-order valence-electron chi connectivity index (χ4n) is 2.51. The maximum atomic E-state index is 11.6. The Kier molecular flexibility index (Phi) is 4.35. The number of aliphatic carboxylic acids is 1. The minimum absolute atomic E-state index is 0.601. The Hall–Kier alpha value is -1.94. The summed E-state index contributed by atoms with van der Waals surface area (Å²) in [5, 5.41) is 10.5. The first-order valence-electron chi connectivity index (χ1n) is 6.91. The third-order valence-electron chi connectivity index (χ3n) is 3.58. The molecule has 0 spiro atoms. The number of pyridine rings is 1. The van der Waals surface area contributed by atoms with Gasteiger partial charge in [0.15, 0.2) is 0 Å². The molecule has 0 amide bonds. The molecule has 1 heterocycles. The maximum absolute atomic E-state index is 11.6. The van der Waals surface area contributed by atoms with Gasteiger partial charge < -0.3 is 5.11 Å². The minimum atomic E-state index is -0.812. The molecular weight excluding hydrogens is 252 g/mol. The maximum Gasteiger partial charge on any atom is 0.325 e. The van der Waals surface area contributed by atoms with E-state index in [1.165, 1.54) is 0 Å². The molecule has 0 aliphatic carbocycles. The Balaban J connectivity index is 2.48. The summed E-state index contributed by atoms with van der Waals surface area (Å²) >= 11 is 0. The third kappa shape index (κ3) is 2.80. The highest BCUT2D eigenvalue weighted by molar-refractivity contribution is 5.82. The van der Waals surface area contributed by atoms with Crippen LogP contribution < -0.4 is 0 Å². The first kappa shape index (κ1) is 14.5. The van der Waals surface area contributed by atoms with Gasteiger partial charge in [0, 0.05) is 11.1 Å². The normalized spacial score (nSPS) is 12.8. The van der Waals surface area contributed by atoms with Crippen molar-refractivity contribution in [3.8, 4) is 0 Å². The van der Waals surface area contributed by atoms with Crippen molar-refractivity contribution in [2.24, 2.45) is 0 Å². The van der Waals surface area contributed by atoms with E-state index in [2.05, 4.69) is 4.98 Å². The minimum Gasteiger partial charge on any atom is -0.480 e. The fourth-order valence-corrected chi connectivity index (χ4v) is 2.51. The molecule has 0 saturated heterocycles. The lowest BCUT2D eigenvalue weighted by Crippen LogP contribution is -2.33. The SMILES string of the molecule is CCN(CC)C(C(=O)O)c1ccc2nc(C)ccc2c1. The van der Waals surface area contributed by atoms with E-state index in [0.29, 0.717) is 13.1 Å². The quantitative estimate of drug-likeness (QED) is 0.909. The zero-order chi connectivity index (χ0) is 14.7. The molecule has 4 heteroatoms. The van der Waals surface area contributed by atoms with E-state index in [4.69, 9.17) is 0 Å². The van der Waals surface area contributed by atoms with Gasteiger partial charge in [0.1, 0.15) is 6.04 Å². The monoisotopic (exact) mass is 272 g/mol. The second-order valence-corrected chi connectivity index (χ2v) is 4.87. The number of carboxylic acids is 1. The average molecular weight is 272 g/mol. The number of fused-ring (bicyclic) bond motifs is 1. The number of aryl methyl sites for hydroxylation is 1. The first-order chi connectivity index (χ1) is 9.56. The standard InChI is InChI=1S/C16H20N2O2/c1-4-18(5-2)15(16(19)20)13-8-9-14-12(10-13)7-6-11(3)17-14/h6-10,15H,4-5H2,1-3H3,(H,19,20). The second-order valence-electron chi connectivity index (χ2n) is 4.87. The van der Waals surface area contributed by atoms with Crippen LogP contribution in [-0.2, 0) is 4.79 Å². The van der Waals surface area contributed by atoms with Crippen LogP contribution in [0.1, 0.15) is 31.1 Å². The van der Waals surface area contributed by atoms with E-state index in [-0.39, 0.29) is 0 Å². The van der Waals surface area contributed by atoms with Crippen molar-refractivity contribution in [1.29, 1.82) is 0 Å². The summed E-state index contributed by atoms with van der Waals surface area (Å²) in [5.74, 6) is -0.812. The van der Waals surface area contributed by atoms with Crippen molar-refractivity contribution in [3.63, 3.8) is 0 Å². The number of carbonyl (C=O) groups is 1. The number of benzene rings is 1. The topological polar surface area (TPSA) is 53.4 Å². The number of nitrogens with zero attached hydrogens (tertiary/aromatic N) is 2. The van der Waals surface area contributed by atoms with Gasteiger partial charge in [-0.15, -0.1) is 0 Å². The summed E-state index contributed by atoms with van der Waals surface area (Å²) in [7, 11) is 0. The Morgan fingerprint density at radius 3 is 2.55 bits per heavy atom. The van der Waals surface area contributed by atoms with Crippen molar-refractivity contribution in [2.75, 3.05) is 13.1 Å². The van der Waals surface area contributed by atoms with Crippen LogP contribution in [0.15, 0.2) is 30.3 Å². The number of hydrogen-bond acceptors (Lipinski definition) is 3. The smallest absolute Gasteiger partial charge is 0.325 e. The van der Waals surface area contributed by atoms with E-state index < -0.39 is 12.0 Å². The lowest BCUT2D eigenvalue weighted by atomic mass is 10.0. The van der Waals surface area contributed by atoms with Crippen LogP contribution in [0.4, 0.5) is 0 Å². The van der Waals surface area contributed by atoms with E-state index in [0.717, 1.165) is 22.2 Å². The van der Waals surface area contributed by atoms with Gasteiger partial charge in [-0.25, -0.2) is 0 Å². The molecule has 20 heavy (non-hydrogen) atoms. The molecular formula is C16H20N2O2. The van der Waals surface area contributed by atoms with Crippen LogP contribution in [0.5, 0.6) is 0 Å². The number of hydrogen-bond donors (Lipinski definition) is 1. The molecule has 4 nitrogen and oxygen atoms in total. The van der Waals surface area contributed by atoms with Gasteiger partial charge in [0.25, 0.3) is 0 Å². The predicted octanol–water partition coefficient (Wildman–Crippen LogP) is 3.01. The van der Waals surface area contributed by atoms with E-state index in [9.17, 15) is 9.90 Å². The van der Waals surface area contributed by atoms with Crippen LogP contribution in [-0.4, -0.2) is 34.0 Å². The molecule has 1 aromatic heterocycles. The Bertz CT molecular complexity index is 621. The van der Waals surface area contributed by atoms with Crippen molar-refractivity contribution in [2.45, 2.75) is 26.8 Å². The van der Waals surface area contributed by atoms with E-state index in [1.807, 2.05) is 56.0 Å². The van der Waals surface area contributed by atoms with E-state index >= 15 is 0 Å². The van der Waals surface area contributed by atoms with E-state index in [1.54, 1.807) is 0 Å². The third-order valence-corrected chi connectivity index (χ3v) is 3.58. The molecule has 1 N–H and O–H groups in total. The zero-order valence-electron chi connectivity index (χ0n) is 12.1. The summed E-state index contributed by atoms with van der Waals surface area (Å²) in [5.41, 5.74) is 2.67.